The minimum atomic E-state index is -0.504. The van der Waals surface area contributed by atoms with Crippen molar-refractivity contribution < 1.29 is 9.13 Å². The molecule has 0 spiro atoms. The summed E-state index contributed by atoms with van der Waals surface area (Å²) in [4.78, 5) is 0. The maximum absolute atomic E-state index is 13.1. The number of hydrogen-bond acceptors (Lipinski definition) is 2. The highest BCUT2D eigenvalue weighted by molar-refractivity contribution is 14.1. The molecule has 0 amide bonds. The highest BCUT2D eigenvalue weighted by Crippen LogP contribution is 2.16. The molecule has 0 aliphatic heterocycles. The van der Waals surface area contributed by atoms with E-state index >= 15 is 0 Å². The van der Waals surface area contributed by atoms with Gasteiger partial charge in [-0.1, -0.05) is 6.07 Å². The first kappa shape index (κ1) is 12.8. The van der Waals surface area contributed by atoms with Crippen molar-refractivity contribution in [3.63, 3.8) is 0 Å². The molecule has 0 radical (unpaired) electrons. The monoisotopic (exact) mass is 353 g/mol. The van der Waals surface area contributed by atoms with Crippen molar-refractivity contribution in [2.75, 3.05) is 0 Å². The minimum Gasteiger partial charge on any atom is -0.489 e. The van der Waals surface area contributed by atoms with Crippen molar-refractivity contribution in [1.29, 1.82) is 5.26 Å². The van der Waals surface area contributed by atoms with Gasteiger partial charge in [-0.05, 0) is 64.6 Å². The molecule has 0 aliphatic carbocycles. The summed E-state index contributed by atoms with van der Waals surface area (Å²) in [6.07, 6.45) is 0. The second-order valence-corrected chi connectivity index (χ2v) is 4.91. The van der Waals surface area contributed by atoms with E-state index in [-0.39, 0.29) is 5.56 Å². The Morgan fingerprint density at radius 2 is 1.89 bits per heavy atom. The van der Waals surface area contributed by atoms with Gasteiger partial charge in [0.15, 0.2) is 0 Å². The molecule has 2 aromatic carbocycles. The molecule has 0 aliphatic rings. The fourth-order valence-electron chi connectivity index (χ4n) is 1.45. The van der Waals surface area contributed by atoms with Gasteiger partial charge in [-0.3, -0.25) is 0 Å². The minimum absolute atomic E-state index is 0.0405. The summed E-state index contributed by atoms with van der Waals surface area (Å²) in [5.41, 5.74) is 0.810. The predicted molar refractivity (Wildman–Crippen MR) is 74.6 cm³/mol. The van der Waals surface area contributed by atoms with Crippen LogP contribution >= 0.6 is 22.6 Å². The van der Waals surface area contributed by atoms with E-state index in [2.05, 4.69) is 22.6 Å². The average molecular weight is 353 g/mol. The van der Waals surface area contributed by atoms with Gasteiger partial charge in [0.1, 0.15) is 24.2 Å². The molecule has 0 bridgehead atoms. The summed E-state index contributed by atoms with van der Waals surface area (Å²) in [5.74, 6) is 0.244. The number of nitrogens with zero attached hydrogens (tertiary/aromatic N) is 1. The Hall–Kier alpha value is -1.61. The van der Waals surface area contributed by atoms with Crippen LogP contribution in [0.3, 0.4) is 0 Å². The maximum Gasteiger partial charge on any atom is 0.140 e. The van der Waals surface area contributed by atoms with Crippen molar-refractivity contribution in [3.05, 3.63) is 63.0 Å². The van der Waals surface area contributed by atoms with E-state index in [4.69, 9.17) is 10.00 Å². The van der Waals surface area contributed by atoms with E-state index < -0.39 is 5.82 Å². The number of benzene rings is 2. The highest BCUT2D eigenvalue weighted by atomic mass is 127. The predicted octanol–water partition coefficient (Wildman–Crippen LogP) is 3.88. The van der Waals surface area contributed by atoms with Gasteiger partial charge in [-0.25, -0.2) is 4.39 Å². The maximum atomic E-state index is 13.1. The van der Waals surface area contributed by atoms with Crippen LogP contribution in [0.2, 0.25) is 0 Å². The standard InChI is InChI=1S/C14H9FINO/c15-14-6-1-10(7-11(14)8-17)9-18-13-4-2-12(16)3-5-13/h1-7H,9H2. The molecule has 18 heavy (non-hydrogen) atoms. The summed E-state index contributed by atoms with van der Waals surface area (Å²) in [6.45, 7) is 0.315. The largest absolute Gasteiger partial charge is 0.489 e. The summed E-state index contributed by atoms with van der Waals surface area (Å²) < 4.78 is 19.8. The van der Waals surface area contributed by atoms with Gasteiger partial charge < -0.3 is 4.74 Å². The Balaban J connectivity index is 2.06. The zero-order valence-corrected chi connectivity index (χ0v) is 11.5. The Labute approximate surface area is 118 Å². The lowest BCUT2D eigenvalue weighted by Crippen LogP contribution is -1.97. The fourth-order valence-corrected chi connectivity index (χ4v) is 1.80. The lowest BCUT2D eigenvalue weighted by molar-refractivity contribution is 0.306. The molecular formula is C14H9FINO. The third kappa shape index (κ3) is 3.20. The molecule has 0 aromatic heterocycles. The van der Waals surface area contributed by atoms with Gasteiger partial charge in [-0.15, -0.1) is 0 Å². The van der Waals surface area contributed by atoms with Crippen molar-refractivity contribution >= 4 is 22.6 Å². The average Bonchev–Trinajstić information content (AvgIpc) is 2.39. The first-order valence-electron chi connectivity index (χ1n) is 5.26. The Kier molecular flexibility index (Phi) is 4.15. The number of halogens is 2. The summed E-state index contributed by atoms with van der Waals surface area (Å²) in [6, 6.07) is 13.8. The van der Waals surface area contributed by atoms with E-state index in [0.717, 1.165) is 14.9 Å². The van der Waals surface area contributed by atoms with Gasteiger partial charge >= 0.3 is 0 Å². The van der Waals surface area contributed by atoms with Crippen molar-refractivity contribution in [3.8, 4) is 11.8 Å². The lowest BCUT2D eigenvalue weighted by Gasteiger charge is -2.06. The molecule has 2 nitrogen and oxygen atoms in total. The van der Waals surface area contributed by atoms with Gasteiger partial charge in [0.05, 0.1) is 5.56 Å². The van der Waals surface area contributed by atoms with Crippen LogP contribution in [0.4, 0.5) is 4.39 Å². The molecule has 0 fully saturated rings. The van der Waals surface area contributed by atoms with Crippen molar-refractivity contribution in [2.45, 2.75) is 6.61 Å². The second-order valence-electron chi connectivity index (χ2n) is 3.67. The number of hydrogen-bond donors (Lipinski definition) is 0. The molecule has 0 unspecified atom stereocenters. The topological polar surface area (TPSA) is 33.0 Å². The molecule has 0 saturated carbocycles. The molecule has 2 aromatic rings. The first-order chi connectivity index (χ1) is 8.69. The van der Waals surface area contributed by atoms with Crippen LogP contribution < -0.4 is 4.74 Å². The first-order valence-corrected chi connectivity index (χ1v) is 6.34. The van der Waals surface area contributed by atoms with E-state index in [0.29, 0.717) is 6.61 Å². The lowest BCUT2D eigenvalue weighted by atomic mass is 10.1. The van der Waals surface area contributed by atoms with Crippen LogP contribution in [0.5, 0.6) is 5.75 Å². The summed E-state index contributed by atoms with van der Waals surface area (Å²) in [5, 5.41) is 8.73. The van der Waals surface area contributed by atoms with Gasteiger partial charge in [0, 0.05) is 3.57 Å². The van der Waals surface area contributed by atoms with E-state index in [1.165, 1.54) is 12.1 Å². The van der Waals surface area contributed by atoms with Crippen LogP contribution in [0.25, 0.3) is 0 Å². The number of rotatable bonds is 3. The molecule has 0 heterocycles. The quantitative estimate of drug-likeness (QED) is 0.785. The summed E-state index contributed by atoms with van der Waals surface area (Å²) >= 11 is 2.22. The second kappa shape index (κ2) is 5.83. The zero-order valence-electron chi connectivity index (χ0n) is 9.36. The van der Waals surface area contributed by atoms with Crippen LogP contribution in [-0.4, -0.2) is 0 Å². The molecule has 0 saturated heterocycles. The van der Waals surface area contributed by atoms with E-state index in [1.807, 2.05) is 30.3 Å². The molecule has 2 rings (SSSR count). The van der Waals surface area contributed by atoms with Gasteiger partial charge in [0.25, 0.3) is 0 Å². The van der Waals surface area contributed by atoms with Crippen LogP contribution in [0.1, 0.15) is 11.1 Å². The SMILES string of the molecule is N#Cc1cc(COc2ccc(I)cc2)ccc1F. The smallest absolute Gasteiger partial charge is 0.140 e. The van der Waals surface area contributed by atoms with Gasteiger partial charge in [0.2, 0.25) is 0 Å². The van der Waals surface area contributed by atoms with E-state index in [9.17, 15) is 4.39 Å². The molecule has 90 valence electrons. The molecule has 0 N–H and O–H groups in total. The Morgan fingerprint density at radius 3 is 2.56 bits per heavy atom. The molecule has 4 heteroatoms. The number of nitriles is 1. The summed E-state index contributed by atoms with van der Waals surface area (Å²) in [7, 11) is 0. The van der Waals surface area contributed by atoms with Crippen LogP contribution in [0.15, 0.2) is 42.5 Å². The highest BCUT2D eigenvalue weighted by Gasteiger charge is 2.03. The zero-order chi connectivity index (χ0) is 13.0. The van der Waals surface area contributed by atoms with Crippen molar-refractivity contribution in [1.82, 2.24) is 0 Å². The Bertz CT molecular complexity index is 590. The third-order valence-electron chi connectivity index (χ3n) is 2.37. The normalized spacial score (nSPS) is 9.83. The molecular weight excluding hydrogens is 344 g/mol. The third-order valence-corrected chi connectivity index (χ3v) is 3.09. The van der Waals surface area contributed by atoms with E-state index in [1.54, 1.807) is 6.07 Å². The van der Waals surface area contributed by atoms with Crippen molar-refractivity contribution in [2.24, 2.45) is 0 Å². The van der Waals surface area contributed by atoms with Crippen LogP contribution in [0, 0.1) is 20.7 Å². The number of ether oxygens (including phenoxy) is 1. The fraction of sp³-hybridized carbons (Fsp3) is 0.0714. The van der Waals surface area contributed by atoms with Gasteiger partial charge in [-0.2, -0.15) is 5.26 Å². The van der Waals surface area contributed by atoms with Crippen LogP contribution in [-0.2, 0) is 6.61 Å². The molecule has 0 atom stereocenters. The Morgan fingerprint density at radius 1 is 1.17 bits per heavy atom.